The molecule has 0 aromatic heterocycles. The zero-order chi connectivity index (χ0) is 16.4. The lowest BCUT2D eigenvalue weighted by Crippen LogP contribution is -2.53. The van der Waals surface area contributed by atoms with Gasteiger partial charge in [0.25, 0.3) is 5.91 Å². The molecule has 1 amide bonds. The molecule has 2 aliphatic rings. The number of nitrogens with one attached hydrogen (secondary N) is 1. The predicted molar refractivity (Wildman–Crippen MR) is 90.4 cm³/mol. The second-order valence-corrected chi connectivity index (χ2v) is 7.04. The van der Waals surface area contributed by atoms with Crippen molar-refractivity contribution in [2.75, 3.05) is 0 Å². The summed E-state index contributed by atoms with van der Waals surface area (Å²) in [6, 6.07) is 7.55. The van der Waals surface area contributed by atoms with Gasteiger partial charge in [0.15, 0.2) is 5.78 Å². The predicted octanol–water partition coefficient (Wildman–Crippen LogP) is 2.92. The number of amides is 1. The molecule has 2 bridgehead atoms. The van der Waals surface area contributed by atoms with E-state index in [0.29, 0.717) is 29.4 Å². The second-order valence-electron chi connectivity index (χ2n) is 7.04. The molecule has 4 nitrogen and oxygen atoms in total. The van der Waals surface area contributed by atoms with Gasteiger partial charge in [-0.05, 0) is 49.7 Å². The molecule has 1 aromatic rings. The molecule has 0 saturated heterocycles. The van der Waals surface area contributed by atoms with Crippen LogP contribution in [0.2, 0.25) is 0 Å². The van der Waals surface area contributed by atoms with Crippen molar-refractivity contribution in [1.29, 1.82) is 0 Å². The van der Waals surface area contributed by atoms with Crippen LogP contribution in [0.4, 0.5) is 0 Å². The highest BCUT2D eigenvalue weighted by atomic mass is 16.1. The van der Waals surface area contributed by atoms with Crippen LogP contribution in [0.3, 0.4) is 0 Å². The van der Waals surface area contributed by atoms with Crippen molar-refractivity contribution in [3.8, 4) is 0 Å². The first kappa shape index (κ1) is 16.2. The molecule has 0 spiro atoms. The number of Topliss-reactive ketones (excluding diaryl/α,β-unsaturated/α-hetero) is 1. The molecule has 2 atom stereocenters. The number of fused-ring (bicyclic) bond motifs is 2. The molecule has 2 unspecified atom stereocenters. The summed E-state index contributed by atoms with van der Waals surface area (Å²) in [6.07, 6.45) is 6.11. The molecule has 3 N–H and O–H groups in total. The number of carbonyl (C=O) groups excluding carboxylic acids is 2. The summed E-state index contributed by atoms with van der Waals surface area (Å²) in [4.78, 5) is 24.2. The molecule has 0 radical (unpaired) electrons. The Morgan fingerprint density at radius 2 is 1.65 bits per heavy atom. The van der Waals surface area contributed by atoms with Crippen molar-refractivity contribution in [2.45, 2.75) is 57.5 Å². The third-order valence-corrected chi connectivity index (χ3v) is 5.46. The number of ketones is 1. The van der Waals surface area contributed by atoms with Crippen molar-refractivity contribution in [3.05, 3.63) is 35.4 Å². The summed E-state index contributed by atoms with van der Waals surface area (Å²) < 4.78 is 0. The Morgan fingerprint density at radius 1 is 1.09 bits per heavy atom. The lowest BCUT2D eigenvalue weighted by Gasteiger charge is -2.45. The van der Waals surface area contributed by atoms with E-state index in [1.807, 2.05) is 6.92 Å². The van der Waals surface area contributed by atoms with Crippen LogP contribution in [0.25, 0.3) is 0 Å². The van der Waals surface area contributed by atoms with Crippen LogP contribution in [0.15, 0.2) is 24.3 Å². The van der Waals surface area contributed by atoms with Crippen molar-refractivity contribution in [3.63, 3.8) is 0 Å². The molecule has 0 heterocycles. The molecule has 2 fully saturated rings. The molecule has 2 saturated carbocycles. The fraction of sp³-hybridized carbons (Fsp3) is 0.579. The Morgan fingerprint density at radius 3 is 2.22 bits per heavy atom. The summed E-state index contributed by atoms with van der Waals surface area (Å²) in [5, 5.41) is 3.24. The third kappa shape index (κ3) is 3.47. The van der Waals surface area contributed by atoms with E-state index >= 15 is 0 Å². The lowest BCUT2D eigenvalue weighted by atomic mass is 9.67. The monoisotopic (exact) mass is 314 g/mol. The van der Waals surface area contributed by atoms with Crippen LogP contribution in [0.5, 0.6) is 0 Å². The lowest BCUT2D eigenvalue weighted by molar-refractivity contribution is 0.0755. The first-order valence-corrected chi connectivity index (χ1v) is 8.78. The topological polar surface area (TPSA) is 72.2 Å². The highest BCUT2D eigenvalue weighted by Crippen LogP contribution is 2.39. The van der Waals surface area contributed by atoms with Crippen LogP contribution in [-0.4, -0.2) is 23.8 Å². The SMILES string of the molecule is CCC(=O)c1ccc(C(=O)NC2C3CCCC2CC(N)C3)cc1. The second kappa shape index (κ2) is 6.83. The van der Waals surface area contributed by atoms with E-state index in [4.69, 9.17) is 5.73 Å². The van der Waals surface area contributed by atoms with Gasteiger partial charge in [-0.1, -0.05) is 25.5 Å². The van der Waals surface area contributed by atoms with Gasteiger partial charge in [0.2, 0.25) is 0 Å². The fourth-order valence-electron chi connectivity index (χ4n) is 4.27. The average molecular weight is 314 g/mol. The third-order valence-electron chi connectivity index (χ3n) is 5.46. The maximum atomic E-state index is 12.5. The van der Waals surface area contributed by atoms with E-state index in [1.54, 1.807) is 24.3 Å². The van der Waals surface area contributed by atoms with Gasteiger partial charge in [-0.15, -0.1) is 0 Å². The van der Waals surface area contributed by atoms with Gasteiger partial charge in [-0.2, -0.15) is 0 Å². The molecule has 1 aromatic carbocycles. The van der Waals surface area contributed by atoms with Crippen LogP contribution < -0.4 is 11.1 Å². The zero-order valence-electron chi connectivity index (χ0n) is 13.8. The quantitative estimate of drug-likeness (QED) is 0.839. The van der Waals surface area contributed by atoms with E-state index in [2.05, 4.69) is 5.32 Å². The Hall–Kier alpha value is -1.68. The summed E-state index contributed by atoms with van der Waals surface area (Å²) in [5.74, 6) is 1.11. The van der Waals surface area contributed by atoms with Gasteiger partial charge in [0, 0.05) is 29.6 Å². The Labute approximate surface area is 137 Å². The van der Waals surface area contributed by atoms with E-state index < -0.39 is 0 Å². The molecule has 3 rings (SSSR count). The number of nitrogens with two attached hydrogens (primary N) is 1. The number of rotatable bonds is 4. The highest BCUT2D eigenvalue weighted by Gasteiger charge is 2.39. The fourth-order valence-corrected chi connectivity index (χ4v) is 4.27. The van der Waals surface area contributed by atoms with Gasteiger partial charge in [0.1, 0.15) is 0 Å². The molecule has 124 valence electrons. The van der Waals surface area contributed by atoms with Gasteiger partial charge in [0.05, 0.1) is 0 Å². The average Bonchev–Trinajstić information content (AvgIpc) is 2.55. The summed E-state index contributed by atoms with van der Waals surface area (Å²) >= 11 is 0. The standard InChI is InChI=1S/C19H26N2O2/c1-2-17(22)12-6-8-13(9-7-12)19(23)21-18-14-4-3-5-15(18)11-16(20)10-14/h6-9,14-16,18H,2-5,10-11,20H2,1H3,(H,21,23). The number of carbonyl (C=O) groups is 2. The van der Waals surface area contributed by atoms with E-state index in [-0.39, 0.29) is 23.8 Å². The summed E-state index contributed by atoms with van der Waals surface area (Å²) in [7, 11) is 0. The Balaban J connectivity index is 1.68. The molecule has 0 aliphatic heterocycles. The van der Waals surface area contributed by atoms with Crippen LogP contribution >= 0.6 is 0 Å². The van der Waals surface area contributed by atoms with Crippen molar-refractivity contribution < 1.29 is 9.59 Å². The van der Waals surface area contributed by atoms with Crippen LogP contribution in [0, 0.1) is 11.8 Å². The molecule has 4 heteroatoms. The van der Waals surface area contributed by atoms with E-state index in [9.17, 15) is 9.59 Å². The first-order chi connectivity index (χ1) is 11.1. The highest BCUT2D eigenvalue weighted by molar-refractivity contribution is 5.98. The molecular formula is C19H26N2O2. The van der Waals surface area contributed by atoms with Crippen LogP contribution in [0.1, 0.15) is 66.2 Å². The minimum absolute atomic E-state index is 0.0298. The Bertz CT molecular complexity index is 568. The van der Waals surface area contributed by atoms with Crippen LogP contribution in [-0.2, 0) is 0 Å². The largest absolute Gasteiger partial charge is 0.349 e. The first-order valence-electron chi connectivity index (χ1n) is 8.78. The number of benzene rings is 1. The summed E-state index contributed by atoms with van der Waals surface area (Å²) in [6.45, 7) is 1.84. The van der Waals surface area contributed by atoms with E-state index in [1.165, 1.54) is 19.3 Å². The van der Waals surface area contributed by atoms with Crippen molar-refractivity contribution >= 4 is 11.7 Å². The van der Waals surface area contributed by atoms with E-state index in [0.717, 1.165) is 12.8 Å². The number of hydrogen-bond donors (Lipinski definition) is 2. The molecular weight excluding hydrogens is 288 g/mol. The maximum Gasteiger partial charge on any atom is 0.251 e. The van der Waals surface area contributed by atoms with Gasteiger partial charge >= 0.3 is 0 Å². The van der Waals surface area contributed by atoms with Gasteiger partial charge in [-0.25, -0.2) is 0 Å². The zero-order valence-corrected chi connectivity index (χ0v) is 13.8. The van der Waals surface area contributed by atoms with Crippen molar-refractivity contribution in [1.82, 2.24) is 5.32 Å². The normalized spacial score (nSPS) is 29.8. The smallest absolute Gasteiger partial charge is 0.251 e. The minimum atomic E-state index is -0.0298. The van der Waals surface area contributed by atoms with Gasteiger partial charge < -0.3 is 11.1 Å². The summed E-state index contributed by atoms with van der Waals surface area (Å²) in [5.41, 5.74) is 7.44. The Kier molecular flexibility index (Phi) is 4.81. The number of hydrogen-bond acceptors (Lipinski definition) is 3. The molecule has 23 heavy (non-hydrogen) atoms. The molecule has 2 aliphatic carbocycles. The maximum absolute atomic E-state index is 12.5. The van der Waals surface area contributed by atoms with Gasteiger partial charge in [-0.3, -0.25) is 9.59 Å². The van der Waals surface area contributed by atoms with Crippen molar-refractivity contribution in [2.24, 2.45) is 17.6 Å². The minimum Gasteiger partial charge on any atom is -0.349 e.